The van der Waals surface area contributed by atoms with Crippen molar-refractivity contribution in [3.63, 3.8) is 0 Å². The summed E-state index contributed by atoms with van der Waals surface area (Å²) in [4.78, 5) is 5.03. The lowest BCUT2D eigenvalue weighted by molar-refractivity contribution is -0.650. The average molecular weight is 323 g/mol. The van der Waals surface area contributed by atoms with Gasteiger partial charge in [0.2, 0.25) is 22.8 Å². The lowest BCUT2D eigenvalue weighted by Gasteiger charge is -2.08. The summed E-state index contributed by atoms with van der Waals surface area (Å²) in [5.74, 6) is 0. The Morgan fingerprint density at radius 3 is 1.68 bits per heavy atom. The fourth-order valence-electron chi connectivity index (χ4n) is 4.37. The minimum Gasteiger partial charge on any atom is -0.236 e. The van der Waals surface area contributed by atoms with E-state index in [9.17, 15) is 0 Å². The summed E-state index contributed by atoms with van der Waals surface area (Å²) in [6.45, 7) is 0.850. The third-order valence-corrected chi connectivity index (χ3v) is 5.56. The van der Waals surface area contributed by atoms with Gasteiger partial charge in [-0.1, -0.05) is 42.5 Å². The van der Waals surface area contributed by atoms with Gasteiger partial charge in [-0.25, -0.2) is 4.98 Å². The van der Waals surface area contributed by atoms with Crippen molar-refractivity contribution < 1.29 is 9.15 Å². The summed E-state index contributed by atoms with van der Waals surface area (Å²) in [6, 6.07) is 23.9. The number of rotatable bonds is 0. The minimum atomic E-state index is 0.850. The van der Waals surface area contributed by atoms with E-state index in [0.29, 0.717) is 0 Å². The predicted octanol–water partition coefficient (Wildman–Crippen LogP) is 3.43. The van der Waals surface area contributed by atoms with Crippen molar-refractivity contribution in [1.29, 1.82) is 0 Å². The highest BCUT2D eigenvalue weighted by Crippen LogP contribution is 2.33. The smallest absolute Gasteiger partial charge is 0.236 e. The molecule has 25 heavy (non-hydrogen) atoms. The average Bonchev–Trinajstić information content (AvgIpc) is 3.21. The van der Waals surface area contributed by atoms with E-state index < -0.39 is 0 Å². The molecule has 0 N–H and O–H groups in total. The molecule has 3 aliphatic heterocycles. The van der Waals surface area contributed by atoms with E-state index in [0.717, 1.165) is 30.9 Å². The number of fused-ring (bicyclic) bond motifs is 8. The molecule has 3 heteroatoms. The van der Waals surface area contributed by atoms with E-state index in [4.69, 9.17) is 4.98 Å². The zero-order chi connectivity index (χ0) is 16.4. The second kappa shape index (κ2) is 4.73. The highest BCUT2D eigenvalue weighted by Gasteiger charge is 2.41. The van der Waals surface area contributed by atoms with Crippen LogP contribution in [0.4, 0.5) is 11.4 Å². The molecule has 0 unspecified atom stereocenters. The second-order valence-corrected chi connectivity index (χ2v) is 6.91. The first-order chi connectivity index (χ1) is 12.4. The second-order valence-electron chi connectivity index (χ2n) is 6.91. The van der Waals surface area contributed by atoms with Gasteiger partial charge in [0.15, 0.2) is 0 Å². The summed E-state index contributed by atoms with van der Waals surface area (Å²) in [7, 11) is 0. The van der Waals surface area contributed by atoms with Crippen LogP contribution in [0.5, 0.6) is 0 Å². The van der Waals surface area contributed by atoms with Crippen LogP contribution in [0.15, 0.2) is 66.7 Å². The lowest BCUT2D eigenvalue weighted by Crippen LogP contribution is -2.29. The van der Waals surface area contributed by atoms with Crippen molar-refractivity contribution in [3.05, 3.63) is 89.2 Å². The van der Waals surface area contributed by atoms with E-state index in [2.05, 4.69) is 75.9 Å². The van der Waals surface area contributed by atoms with Crippen molar-refractivity contribution >= 4 is 22.8 Å². The fourth-order valence-corrected chi connectivity index (χ4v) is 4.37. The maximum Gasteiger partial charge on any atom is 0.345 e. The van der Waals surface area contributed by atoms with Gasteiger partial charge in [-0.15, -0.1) is 9.15 Å². The Bertz CT molecular complexity index is 1040. The Morgan fingerprint density at radius 1 is 0.600 bits per heavy atom. The molecule has 118 valence electrons. The number of pyridine rings is 1. The third-order valence-electron chi connectivity index (χ3n) is 5.56. The summed E-state index contributed by atoms with van der Waals surface area (Å²) >= 11 is 0. The Balaban J connectivity index is 1.65. The molecule has 0 radical (unpaired) electrons. The normalized spacial score (nSPS) is 16.8. The first-order valence-corrected chi connectivity index (χ1v) is 8.79. The van der Waals surface area contributed by atoms with Gasteiger partial charge in [0.05, 0.1) is 12.8 Å². The highest BCUT2D eigenvalue weighted by molar-refractivity contribution is 6.03. The molecule has 0 aliphatic carbocycles. The minimum absolute atomic E-state index is 0.850. The predicted molar refractivity (Wildman–Crippen MR) is 97.5 cm³/mol. The van der Waals surface area contributed by atoms with Crippen LogP contribution < -0.4 is 0 Å². The molecular weight excluding hydrogens is 306 g/mol. The number of nitrogens with zero attached hydrogens (tertiary/aromatic N) is 3. The molecule has 6 rings (SSSR count). The number of hydrogen-bond acceptors (Lipinski definition) is 1. The maximum atomic E-state index is 5.03. The molecule has 3 aliphatic rings. The SMILES string of the molecule is c1cc2nc(c1)C1=[N+](C[N+]3=C2Cc2ccccc23)c2ccccc2C1. The van der Waals surface area contributed by atoms with Gasteiger partial charge < -0.3 is 0 Å². The van der Waals surface area contributed by atoms with E-state index in [1.165, 1.54) is 33.9 Å². The number of benzene rings is 2. The molecule has 2 aromatic carbocycles. The topological polar surface area (TPSA) is 18.9 Å². The molecule has 0 saturated heterocycles. The van der Waals surface area contributed by atoms with E-state index in [1.807, 2.05) is 0 Å². The van der Waals surface area contributed by atoms with Crippen molar-refractivity contribution in [2.45, 2.75) is 12.8 Å². The molecule has 0 amide bonds. The largest absolute Gasteiger partial charge is 0.345 e. The van der Waals surface area contributed by atoms with E-state index in [-0.39, 0.29) is 0 Å². The molecule has 0 spiro atoms. The monoisotopic (exact) mass is 323 g/mol. The summed E-state index contributed by atoms with van der Waals surface area (Å²) in [5.41, 5.74) is 10.2. The van der Waals surface area contributed by atoms with Crippen molar-refractivity contribution in [3.8, 4) is 0 Å². The van der Waals surface area contributed by atoms with E-state index >= 15 is 0 Å². The molecule has 3 nitrogen and oxygen atoms in total. The maximum absolute atomic E-state index is 5.03. The number of aromatic nitrogens is 1. The van der Waals surface area contributed by atoms with Crippen molar-refractivity contribution in [2.75, 3.05) is 6.67 Å². The number of hydrogen-bond donors (Lipinski definition) is 0. The van der Waals surface area contributed by atoms with Crippen LogP contribution in [0.3, 0.4) is 0 Å². The van der Waals surface area contributed by atoms with Crippen molar-refractivity contribution in [2.24, 2.45) is 0 Å². The van der Waals surface area contributed by atoms with Gasteiger partial charge in [-0.2, -0.15) is 0 Å². The highest BCUT2D eigenvalue weighted by atomic mass is 15.2. The fraction of sp³-hybridized carbons (Fsp3) is 0.136. The molecule has 3 aromatic rings. The Hall–Kier alpha value is -3.07. The van der Waals surface area contributed by atoms with Crippen LogP contribution in [0.1, 0.15) is 22.5 Å². The molecule has 0 fully saturated rings. The molecule has 0 atom stereocenters. The molecular formula is C22H17N3+2. The van der Waals surface area contributed by atoms with E-state index in [1.54, 1.807) is 0 Å². The zero-order valence-electron chi connectivity index (χ0n) is 13.8. The Kier molecular flexibility index (Phi) is 2.51. The Labute approximate surface area is 146 Å². The molecule has 4 heterocycles. The van der Waals surface area contributed by atoms with Crippen LogP contribution in [-0.4, -0.2) is 32.2 Å². The third kappa shape index (κ3) is 1.78. The van der Waals surface area contributed by atoms with Gasteiger partial charge in [0.1, 0.15) is 11.4 Å². The van der Waals surface area contributed by atoms with Crippen LogP contribution in [0, 0.1) is 0 Å². The van der Waals surface area contributed by atoms with Crippen molar-refractivity contribution in [1.82, 2.24) is 4.98 Å². The van der Waals surface area contributed by atoms with Crippen LogP contribution in [0.25, 0.3) is 0 Å². The van der Waals surface area contributed by atoms with Crippen LogP contribution in [0.2, 0.25) is 0 Å². The summed E-state index contributed by atoms with van der Waals surface area (Å²) in [6.07, 6.45) is 1.91. The standard InChI is InChI=1S/C22H17N3/c1-3-10-19-15(6-1)12-21-17-8-5-9-18(23-17)22-13-16-7-2-4-11-20(16)25(22)14-24(19)21/h1-11H,12-14H2/q+2. The Morgan fingerprint density at radius 2 is 1.12 bits per heavy atom. The first-order valence-electron chi connectivity index (χ1n) is 8.79. The lowest BCUT2D eigenvalue weighted by atomic mass is 10.1. The zero-order valence-corrected chi connectivity index (χ0v) is 13.8. The van der Waals surface area contributed by atoms with Gasteiger partial charge in [-0.05, 0) is 12.1 Å². The molecule has 2 bridgehead atoms. The summed E-state index contributed by atoms with van der Waals surface area (Å²) < 4.78 is 4.89. The molecule has 0 saturated carbocycles. The van der Waals surface area contributed by atoms with Gasteiger partial charge in [0, 0.05) is 23.3 Å². The summed E-state index contributed by atoms with van der Waals surface area (Å²) in [5, 5.41) is 0. The van der Waals surface area contributed by atoms with Crippen LogP contribution >= 0.6 is 0 Å². The quantitative estimate of drug-likeness (QED) is 0.580. The van der Waals surface area contributed by atoms with Gasteiger partial charge >= 0.3 is 6.67 Å². The first kappa shape index (κ1) is 13.2. The van der Waals surface area contributed by atoms with Gasteiger partial charge in [0.25, 0.3) is 0 Å². The number of para-hydroxylation sites is 2. The molecule has 1 aromatic heterocycles. The van der Waals surface area contributed by atoms with Crippen LogP contribution in [-0.2, 0) is 12.8 Å². The van der Waals surface area contributed by atoms with Gasteiger partial charge in [-0.3, -0.25) is 0 Å².